The fourth-order valence-electron chi connectivity index (χ4n) is 2.13. The Labute approximate surface area is 80.0 Å². The molecule has 1 aliphatic carbocycles. The summed E-state index contributed by atoms with van der Waals surface area (Å²) in [6.07, 6.45) is 0.564. The molecule has 3 unspecified atom stereocenters. The molecule has 0 bridgehead atoms. The van der Waals surface area contributed by atoms with Crippen LogP contribution in [0.1, 0.15) is 6.42 Å². The van der Waals surface area contributed by atoms with Crippen molar-refractivity contribution in [2.45, 2.75) is 10.7 Å². The summed E-state index contributed by atoms with van der Waals surface area (Å²) in [5.74, 6) is 1.04. The van der Waals surface area contributed by atoms with Gasteiger partial charge in [-0.2, -0.15) is 0 Å². The molecule has 2 rings (SSSR count). The summed E-state index contributed by atoms with van der Waals surface area (Å²) >= 11 is 3.67. The van der Waals surface area contributed by atoms with E-state index in [4.69, 9.17) is 0 Å². The molecule has 3 nitrogen and oxygen atoms in total. The lowest BCUT2D eigenvalue weighted by Gasteiger charge is -2.06. The highest BCUT2D eigenvalue weighted by Gasteiger charge is 2.65. The molecule has 12 heavy (non-hydrogen) atoms. The number of rotatable bonds is 2. The van der Waals surface area contributed by atoms with Gasteiger partial charge in [0, 0.05) is 10.9 Å². The molecule has 0 aromatic carbocycles. The van der Waals surface area contributed by atoms with E-state index in [1.165, 1.54) is 7.11 Å². The van der Waals surface area contributed by atoms with Crippen LogP contribution < -0.4 is 5.32 Å². The number of carbonyl (C=O) groups is 1. The van der Waals surface area contributed by atoms with Crippen LogP contribution in [-0.2, 0) is 9.53 Å². The number of alkyl halides is 1. The Morgan fingerprint density at radius 2 is 2.58 bits per heavy atom. The summed E-state index contributed by atoms with van der Waals surface area (Å²) in [6, 6.07) is 0. The molecule has 0 amide bonds. The number of fused-ring (bicyclic) bond motifs is 1. The zero-order valence-electron chi connectivity index (χ0n) is 6.97. The van der Waals surface area contributed by atoms with Crippen molar-refractivity contribution in [3.8, 4) is 0 Å². The molecule has 2 fully saturated rings. The average molecular weight is 234 g/mol. The van der Waals surface area contributed by atoms with Crippen molar-refractivity contribution in [3.63, 3.8) is 0 Å². The van der Waals surface area contributed by atoms with E-state index in [1.54, 1.807) is 0 Å². The van der Waals surface area contributed by atoms with Crippen LogP contribution in [0.3, 0.4) is 0 Å². The van der Waals surface area contributed by atoms with Gasteiger partial charge in [-0.3, -0.25) is 4.79 Å². The smallest absolute Gasteiger partial charge is 0.305 e. The summed E-state index contributed by atoms with van der Waals surface area (Å²) in [5, 5.41) is 3.28. The number of carbonyl (C=O) groups excluding carboxylic acids is 1. The monoisotopic (exact) mass is 233 g/mol. The summed E-state index contributed by atoms with van der Waals surface area (Å²) in [6.45, 7) is 2.02. The van der Waals surface area contributed by atoms with Gasteiger partial charge in [-0.1, -0.05) is 15.9 Å². The van der Waals surface area contributed by atoms with E-state index in [0.717, 1.165) is 13.1 Å². The molecule has 2 aliphatic rings. The van der Waals surface area contributed by atoms with Crippen LogP contribution in [0.4, 0.5) is 0 Å². The summed E-state index contributed by atoms with van der Waals surface area (Å²) in [5.41, 5.74) is 0. The Balaban J connectivity index is 1.90. The van der Waals surface area contributed by atoms with Gasteiger partial charge in [0.25, 0.3) is 0 Å². The molecule has 1 N–H and O–H groups in total. The molecule has 1 saturated carbocycles. The summed E-state index contributed by atoms with van der Waals surface area (Å²) in [4.78, 5) is 11.0. The number of halogens is 1. The van der Waals surface area contributed by atoms with Crippen LogP contribution in [0, 0.1) is 11.8 Å². The quantitative estimate of drug-likeness (QED) is 0.559. The first-order valence-electron chi connectivity index (χ1n) is 4.15. The van der Waals surface area contributed by atoms with E-state index < -0.39 is 0 Å². The van der Waals surface area contributed by atoms with Crippen LogP contribution >= 0.6 is 15.9 Å². The van der Waals surface area contributed by atoms with Crippen molar-refractivity contribution < 1.29 is 9.53 Å². The predicted molar refractivity (Wildman–Crippen MR) is 48.1 cm³/mol. The molecule has 1 aliphatic heterocycles. The van der Waals surface area contributed by atoms with Gasteiger partial charge in [-0.25, -0.2) is 0 Å². The maximum absolute atomic E-state index is 11.0. The first kappa shape index (κ1) is 8.51. The van der Waals surface area contributed by atoms with Crippen molar-refractivity contribution in [2.24, 2.45) is 11.8 Å². The second-order valence-electron chi connectivity index (χ2n) is 3.55. The van der Waals surface area contributed by atoms with Gasteiger partial charge in [0.2, 0.25) is 0 Å². The minimum Gasteiger partial charge on any atom is -0.469 e. The molecule has 4 heteroatoms. The molecule has 0 aromatic rings. The number of hydrogen-bond acceptors (Lipinski definition) is 3. The summed E-state index contributed by atoms with van der Waals surface area (Å²) < 4.78 is 4.84. The molecule has 3 atom stereocenters. The van der Waals surface area contributed by atoms with Gasteiger partial charge >= 0.3 is 5.97 Å². The van der Waals surface area contributed by atoms with Gasteiger partial charge in [0.1, 0.15) is 0 Å². The average Bonchev–Trinajstić information content (AvgIpc) is 2.46. The number of esters is 1. The van der Waals surface area contributed by atoms with E-state index in [1.807, 2.05) is 0 Å². The number of ether oxygens (including phenoxy) is 1. The van der Waals surface area contributed by atoms with Gasteiger partial charge < -0.3 is 10.1 Å². The SMILES string of the molecule is COC(=O)CC1C2CNCC21Br. The Morgan fingerprint density at radius 1 is 1.83 bits per heavy atom. The van der Waals surface area contributed by atoms with Crippen LogP contribution in [0.25, 0.3) is 0 Å². The van der Waals surface area contributed by atoms with Crippen molar-refractivity contribution in [2.75, 3.05) is 20.2 Å². The van der Waals surface area contributed by atoms with Crippen LogP contribution in [0.5, 0.6) is 0 Å². The Hall–Kier alpha value is -0.0900. The molecular weight excluding hydrogens is 222 g/mol. The lowest BCUT2D eigenvalue weighted by molar-refractivity contribution is -0.141. The third-order valence-corrected chi connectivity index (χ3v) is 4.44. The van der Waals surface area contributed by atoms with E-state index in [9.17, 15) is 4.79 Å². The maximum Gasteiger partial charge on any atom is 0.305 e. The topological polar surface area (TPSA) is 38.3 Å². The van der Waals surface area contributed by atoms with Crippen LogP contribution in [0.15, 0.2) is 0 Å². The van der Waals surface area contributed by atoms with Gasteiger partial charge in [0.05, 0.1) is 13.5 Å². The maximum atomic E-state index is 11.0. The van der Waals surface area contributed by atoms with Crippen molar-refractivity contribution >= 4 is 21.9 Å². The molecule has 0 radical (unpaired) electrons. The minimum absolute atomic E-state index is 0.0896. The standard InChI is InChI=1S/C8H12BrNO2/c1-12-7(11)2-5-6-3-10-4-8(5,6)9/h5-6,10H,2-4H2,1H3. The normalized spacial score (nSPS) is 43.8. The minimum atomic E-state index is -0.0896. The molecule has 1 heterocycles. The number of nitrogens with one attached hydrogen (secondary N) is 1. The van der Waals surface area contributed by atoms with Crippen molar-refractivity contribution in [1.29, 1.82) is 0 Å². The van der Waals surface area contributed by atoms with Crippen LogP contribution in [-0.4, -0.2) is 30.5 Å². The highest BCUT2D eigenvalue weighted by atomic mass is 79.9. The van der Waals surface area contributed by atoms with Crippen LogP contribution in [0.2, 0.25) is 0 Å². The van der Waals surface area contributed by atoms with Gasteiger partial charge in [0.15, 0.2) is 0 Å². The second kappa shape index (κ2) is 2.70. The highest BCUT2D eigenvalue weighted by molar-refractivity contribution is 9.10. The molecule has 0 spiro atoms. The fraction of sp³-hybridized carbons (Fsp3) is 0.875. The number of hydrogen-bond donors (Lipinski definition) is 1. The summed E-state index contributed by atoms with van der Waals surface area (Å²) in [7, 11) is 1.44. The molecule has 0 aromatic heterocycles. The largest absolute Gasteiger partial charge is 0.469 e. The lowest BCUT2D eigenvalue weighted by Crippen LogP contribution is -2.21. The molecule has 1 saturated heterocycles. The zero-order valence-corrected chi connectivity index (χ0v) is 8.56. The molecule has 68 valence electrons. The predicted octanol–water partition coefficient (Wildman–Crippen LogP) is 0.532. The third kappa shape index (κ3) is 1.09. The van der Waals surface area contributed by atoms with Gasteiger partial charge in [-0.05, 0) is 18.4 Å². The molecular formula is C8H12BrNO2. The number of methoxy groups -OCH3 is 1. The van der Waals surface area contributed by atoms with Crippen molar-refractivity contribution in [3.05, 3.63) is 0 Å². The Morgan fingerprint density at radius 3 is 3.08 bits per heavy atom. The first-order valence-corrected chi connectivity index (χ1v) is 4.94. The number of piperidine rings is 1. The Bertz CT molecular complexity index is 221. The van der Waals surface area contributed by atoms with Crippen molar-refractivity contribution in [1.82, 2.24) is 5.32 Å². The van der Waals surface area contributed by atoms with Gasteiger partial charge in [-0.15, -0.1) is 0 Å². The highest BCUT2D eigenvalue weighted by Crippen LogP contribution is 2.60. The van der Waals surface area contributed by atoms with E-state index >= 15 is 0 Å². The van der Waals surface area contributed by atoms with E-state index in [-0.39, 0.29) is 10.3 Å². The third-order valence-electron chi connectivity index (χ3n) is 2.98. The lowest BCUT2D eigenvalue weighted by atomic mass is 10.2. The second-order valence-corrected chi connectivity index (χ2v) is 5.03. The van der Waals surface area contributed by atoms with E-state index in [2.05, 4.69) is 26.0 Å². The Kier molecular flexibility index (Phi) is 1.92. The first-order chi connectivity index (χ1) is 5.68. The fourth-order valence-corrected chi connectivity index (χ4v) is 3.16. The zero-order chi connectivity index (χ0) is 8.77. The van der Waals surface area contributed by atoms with E-state index in [0.29, 0.717) is 18.3 Å².